The SMILES string of the molecule is c1ccc(-c2cc(C3CCCN3c3ncccn3)on2)nc1. The van der Waals surface area contributed by atoms with Crippen LogP contribution in [0.2, 0.25) is 0 Å². The largest absolute Gasteiger partial charge is 0.358 e. The van der Waals surface area contributed by atoms with Crippen LogP contribution in [-0.2, 0) is 0 Å². The summed E-state index contributed by atoms with van der Waals surface area (Å²) in [5.41, 5.74) is 1.58. The smallest absolute Gasteiger partial charge is 0.225 e. The minimum atomic E-state index is 0.132. The van der Waals surface area contributed by atoms with Crippen LogP contribution in [0.25, 0.3) is 11.4 Å². The summed E-state index contributed by atoms with van der Waals surface area (Å²) in [6.07, 6.45) is 7.37. The van der Waals surface area contributed by atoms with Gasteiger partial charge in [-0.2, -0.15) is 0 Å². The molecule has 3 aromatic heterocycles. The fraction of sp³-hybridized carbons (Fsp3) is 0.250. The minimum absolute atomic E-state index is 0.132. The third kappa shape index (κ3) is 2.32. The van der Waals surface area contributed by atoms with Crippen LogP contribution in [0, 0.1) is 0 Å². The summed E-state index contributed by atoms with van der Waals surface area (Å²) in [6.45, 7) is 0.925. The molecule has 4 rings (SSSR count). The number of rotatable bonds is 3. The zero-order valence-electron chi connectivity index (χ0n) is 12.0. The van der Waals surface area contributed by atoms with E-state index in [1.807, 2.05) is 30.3 Å². The quantitative estimate of drug-likeness (QED) is 0.739. The molecule has 1 atom stereocenters. The molecule has 0 amide bonds. The molecule has 1 aliphatic rings. The molecule has 6 heteroatoms. The van der Waals surface area contributed by atoms with Crippen molar-refractivity contribution in [3.8, 4) is 11.4 Å². The summed E-state index contributed by atoms with van der Waals surface area (Å²) in [4.78, 5) is 15.2. The van der Waals surface area contributed by atoms with Gasteiger partial charge in [-0.15, -0.1) is 0 Å². The summed E-state index contributed by atoms with van der Waals surface area (Å²) < 4.78 is 5.57. The maximum atomic E-state index is 5.57. The lowest BCUT2D eigenvalue weighted by Gasteiger charge is -2.21. The summed E-state index contributed by atoms with van der Waals surface area (Å²) >= 11 is 0. The Morgan fingerprint density at radius 2 is 1.86 bits per heavy atom. The van der Waals surface area contributed by atoms with E-state index >= 15 is 0 Å². The molecule has 1 unspecified atom stereocenters. The van der Waals surface area contributed by atoms with Crippen molar-refractivity contribution in [1.82, 2.24) is 20.1 Å². The molecular weight excluding hydrogens is 278 g/mol. The first-order chi connectivity index (χ1) is 10.9. The van der Waals surface area contributed by atoms with Crippen molar-refractivity contribution >= 4 is 5.95 Å². The van der Waals surface area contributed by atoms with Gasteiger partial charge in [0.25, 0.3) is 0 Å². The maximum Gasteiger partial charge on any atom is 0.225 e. The van der Waals surface area contributed by atoms with Gasteiger partial charge in [-0.3, -0.25) is 4.98 Å². The summed E-state index contributed by atoms with van der Waals surface area (Å²) in [5, 5.41) is 4.15. The predicted octanol–water partition coefficient (Wildman–Crippen LogP) is 2.87. The third-order valence-corrected chi connectivity index (χ3v) is 3.85. The van der Waals surface area contributed by atoms with Crippen LogP contribution in [-0.4, -0.2) is 26.7 Å². The van der Waals surface area contributed by atoms with Crippen molar-refractivity contribution in [3.05, 3.63) is 54.7 Å². The van der Waals surface area contributed by atoms with Gasteiger partial charge in [0.2, 0.25) is 5.95 Å². The molecule has 6 nitrogen and oxygen atoms in total. The highest BCUT2D eigenvalue weighted by molar-refractivity contribution is 5.53. The van der Waals surface area contributed by atoms with E-state index in [1.54, 1.807) is 18.6 Å². The maximum absolute atomic E-state index is 5.57. The Kier molecular flexibility index (Phi) is 3.27. The Hall–Kier alpha value is -2.76. The van der Waals surface area contributed by atoms with Crippen LogP contribution in [0.15, 0.2) is 53.4 Å². The Labute approximate surface area is 127 Å². The van der Waals surface area contributed by atoms with E-state index in [0.717, 1.165) is 42.5 Å². The highest BCUT2D eigenvalue weighted by Crippen LogP contribution is 2.35. The second-order valence-corrected chi connectivity index (χ2v) is 5.23. The number of anilines is 1. The summed E-state index contributed by atoms with van der Waals surface area (Å²) in [6, 6.07) is 9.67. The van der Waals surface area contributed by atoms with E-state index in [0.29, 0.717) is 0 Å². The fourth-order valence-electron chi connectivity index (χ4n) is 2.82. The van der Waals surface area contributed by atoms with Gasteiger partial charge in [0.05, 0.1) is 11.7 Å². The first-order valence-corrected chi connectivity index (χ1v) is 7.33. The second-order valence-electron chi connectivity index (χ2n) is 5.23. The van der Waals surface area contributed by atoms with Gasteiger partial charge < -0.3 is 9.42 Å². The Bertz CT molecular complexity index is 743. The van der Waals surface area contributed by atoms with Crippen LogP contribution in [0.1, 0.15) is 24.6 Å². The van der Waals surface area contributed by atoms with E-state index in [4.69, 9.17) is 4.52 Å². The van der Waals surface area contributed by atoms with E-state index < -0.39 is 0 Å². The van der Waals surface area contributed by atoms with Crippen molar-refractivity contribution in [1.29, 1.82) is 0 Å². The van der Waals surface area contributed by atoms with Crippen LogP contribution >= 0.6 is 0 Å². The van der Waals surface area contributed by atoms with Crippen molar-refractivity contribution in [2.75, 3.05) is 11.4 Å². The molecule has 1 aliphatic heterocycles. The normalized spacial score (nSPS) is 17.8. The highest BCUT2D eigenvalue weighted by Gasteiger charge is 2.31. The Morgan fingerprint density at radius 1 is 1.00 bits per heavy atom. The van der Waals surface area contributed by atoms with Gasteiger partial charge in [-0.1, -0.05) is 11.2 Å². The van der Waals surface area contributed by atoms with E-state index in [2.05, 4.69) is 25.0 Å². The lowest BCUT2D eigenvalue weighted by atomic mass is 10.1. The molecule has 0 aliphatic carbocycles. The number of nitrogens with zero attached hydrogens (tertiary/aromatic N) is 5. The van der Waals surface area contributed by atoms with Crippen LogP contribution in [0.5, 0.6) is 0 Å². The van der Waals surface area contributed by atoms with Gasteiger partial charge >= 0.3 is 0 Å². The van der Waals surface area contributed by atoms with E-state index in [9.17, 15) is 0 Å². The molecule has 1 saturated heterocycles. The predicted molar refractivity (Wildman–Crippen MR) is 81.1 cm³/mol. The van der Waals surface area contributed by atoms with Crippen molar-refractivity contribution in [2.24, 2.45) is 0 Å². The fourth-order valence-corrected chi connectivity index (χ4v) is 2.82. The molecule has 110 valence electrons. The second kappa shape index (κ2) is 5.55. The molecule has 22 heavy (non-hydrogen) atoms. The molecule has 0 bridgehead atoms. The zero-order valence-corrected chi connectivity index (χ0v) is 12.0. The van der Waals surface area contributed by atoms with Crippen molar-refractivity contribution in [3.63, 3.8) is 0 Å². The zero-order chi connectivity index (χ0) is 14.8. The average Bonchev–Trinajstić information content (AvgIpc) is 3.25. The first-order valence-electron chi connectivity index (χ1n) is 7.33. The lowest BCUT2D eigenvalue weighted by molar-refractivity contribution is 0.362. The number of pyridine rings is 1. The molecule has 4 heterocycles. The van der Waals surface area contributed by atoms with Gasteiger partial charge in [-0.05, 0) is 31.0 Å². The molecule has 1 fully saturated rings. The third-order valence-electron chi connectivity index (χ3n) is 3.85. The van der Waals surface area contributed by atoms with Crippen LogP contribution in [0.4, 0.5) is 5.95 Å². The number of aromatic nitrogens is 4. The van der Waals surface area contributed by atoms with Crippen LogP contribution < -0.4 is 4.90 Å². The summed E-state index contributed by atoms with van der Waals surface area (Å²) in [5.74, 6) is 1.58. The molecular formula is C16H15N5O. The lowest BCUT2D eigenvalue weighted by Crippen LogP contribution is -2.24. The van der Waals surface area contributed by atoms with Crippen LogP contribution in [0.3, 0.4) is 0 Å². The topological polar surface area (TPSA) is 67.9 Å². The van der Waals surface area contributed by atoms with E-state index in [-0.39, 0.29) is 6.04 Å². The highest BCUT2D eigenvalue weighted by atomic mass is 16.5. The molecule has 0 radical (unpaired) electrons. The number of hydrogen-bond donors (Lipinski definition) is 0. The average molecular weight is 293 g/mol. The number of hydrogen-bond acceptors (Lipinski definition) is 6. The molecule has 0 N–H and O–H groups in total. The molecule has 0 saturated carbocycles. The van der Waals surface area contributed by atoms with Gasteiger partial charge in [0.15, 0.2) is 5.76 Å². The van der Waals surface area contributed by atoms with Gasteiger partial charge in [0.1, 0.15) is 5.69 Å². The minimum Gasteiger partial charge on any atom is -0.358 e. The van der Waals surface area contributed by atoms with Crippen molar-refractivity contribution in [2.45, 2.75) is 18.9 Å². The molecule has 0 aromatic carbocycles. The molecule has 0 spiro atoms. The monoisotopic (exact) mass is 293 g/mol. The van der Waals surface area contributed by atoms with Gasteiger partial charge in [-0.25, -0.2) is 9.97 Å². The first kappa shape index (κ1) is 12.9. The Balaban J connectivity index is 1.63. The Morgan fingerprint density at radius 3 is 2.68 bits per heavy atom. The van der Waals surface area contributed by atoms with Gasteiger partial charge in [0, 0.05) is 31.2 Å². The van der Waals surface area contributed by atoms with E-state index in [1.165, 1.54) is 0 Å². The summed E-state index contributed by atoms with van der Waals surface area (Å²) in [7, 11) is 0. The standard InChI is InChI=1S/C16H15N5O/c1-2-7-17-12(5-1)13-11-15(22-20-13)14-6-3-10-21(14)16-18-8-4-9-19-16/h1-2,4-5,7-9,11,14H,3,6,10H2. The van der Waals surface area contributed by atoms with Crippen molar-refractivity contribution < 1.29 is 4.52 Å². The molecule has 3 aromatic rings.